The minimum Gasteiger partial charge on any atom is -0.456 e. The normalized spacial score (nSPS) is 26.3. The average Bonchev–Trinajstić information content (AvgIpc) is 3.31. The molecule has 0 aliphatic carbocycles. The van der Waals surface area contributed by atoms with Gasteiger partial charge in [-0.1, -0.05) is 30.3 Å². The summed E-state index contributed by atoms with van der Waals surface area (Å²) in [4.78, 5) is 62.1. The summed E-state index contributed by atoms with van der Waals surface area (Å²) < 4.78 is 10.8. The predicted molar refractivity (Wildman–Crippen MR) is 120 cm³/mol. The molecule has 0 unspecified atom stereocenters. The number of nitro benzene ring substituents is 1. The molecule has 3 heterocycles. The standard InChI is InChI=1S/C23H19N3O8S/c27-17(10-13-4-2-1-3-5-13)24-19-20(29)25-21(19)35-16-11-18(28)34-23(16,25)22(30)33-12-14-6-8-15(9-7-14)26(31)32/h1-9,16,19,21H,10-12H2,(H,24,27)/t16-,19+,21+,23-/m0/s1. The fourth-order valence-electron chi connectivity index (χ4n) is 4.42. The van der Waals surface area contributed by atoms with Gasteiger partial charge in [0.1, 0.15) is 18.0 Å². The molecule has 0 spiro atoms. The smallest absolute Gasteiger partial charge is 0.374 e. The minimum atomic E-state index is -1.90. The number of thioether (sulfide) groups is 1. The second kappa shape index (κ2) is 8.69. The Hall–Kier alpha value is -3.93. The number of carbonyl (C=O) groups is 4. The molecule has 0 radical (unpaired) electrons. The number of rotatable bonds is 7. The van der Waals surface area contributed by atoms with E-state index in [9.17, 15) is 29.3 Å². The number of carbonyl (C=O) groups excluding carboxylic acids is 4. The number of ether oxygens (including phenoxy) is 2. The van der Waals surface area contributed by atoms with Crippen LogP contribution in [0.5, 0.6) is 0 Å². The second-order valence-electron chi connectivity index (χ2n) is 8.31. The number of nitro groups is 1. The van der Waals surface area contributed by atoms with E-state index >= 15 is 0 Å². The molecule has 35 heavy (non-hydrogen) atoms. The maximum absolute atomic E-state index is 13.1. The van der Waals surface area contributed by atoms with Gasteiger partial charge in [0.2, 0.25) is 5.91 Å². The highest BCUT2D eigenvalue weighted by Gasteiger charge is 2.75. The molecule has 3 fully saturated rings. The number of hydrogen-bond donors (Lipinski definition) is 1. The van der Waals surface area contributed by atoms with Gasteiger partial charge in [0.05, 0.1) is 23.0 Å². The van der Waals surface area contributed by atoms with Gasteiger partial charge in [-0.2, -0.15) is 0 Å². The first-order valence-electron chi connectivity index (χ1n) is 10.7. The Kier molecular flexibility index (Phi) is 5.67. The molecule has 2 amide bonds. The van der Waals surface area contributed by atoms with Crippen LogP contribution in [0, 0.1) is 10.1 Å². The summed E-state index contributed by atoms with van der Waals surface area (Å²) in [7, 11) is 0. The maximum atomic E-state index is 13.1. The lowest BCUT2D eigenvalue weighted by Crippen LogP contribution is -2.75. The minimum absolute atomic E-state index is 0.0811. The highest BCUT2D eigenvalue weighted by molar-refractivity contribution is 8.01. The van der Waals surface area contributed by atoms with Crippen LogP contribution < -0.4 is 5.32 Å². The summed E-state index contributed by atoms with van der Waals surface area (Å²) in [5, 5.41) is 12.3. The number of nitrogens with one attached hydrogen (secondary N) is 1. The van der Waals surface area contributed by atoms with Gasteiger partial charge < -0.3 is 14.8 Å². The molecular formula is C23H19N3O8S. The summed E-state index contributed by atoms with van der Waals surface area (Å²) in [6.45, 7) is -0.225. The van der Waals surface area contributed by atoms with Gasteiger partial charge in [0.25, 0.3) is 17.3 Å². The Labute approximate surface area is 202 Å². The molecule has 5 rings (SSSR count). The number of benzene rings is 2. The molecule has 0 aromatic heterocycles. The van der Waals surface area contributed by atoms with E-state index in [2.05, 4.69) is 5.32 Å². The van der Waals surface area contributed by atoms with Gasteiger partial charge in [0, 0.05) is 12.1 Å². The summed E-state index contributed by atoms with van der Waals surface area (Å²) in [6.07, 6.45) is 0.0190. The van der Waals surface area contributed by atoms with Gasteiger partial charge >= 0.3 is 11.9 Å². The van der Waals surface area contributed by atoms with Gasteiger partial charge in [0.15, 0.2) is 0 Å². The number of β-lactam (4-membered cyclic amide) rings is 1. The Morgan fingerprint density at radius 2 is 1.86 bits per heavy atom. The number of nitrogens with zero attached hydrogens (tertiary/aromatic N) is 2. The van der Waals surface area contributed by atoms with Crippen molar-refractivity contribution in [3.8, 4) is 0 Å². The van der Waals surface area contributed by atoms with Crippen molar-refractivity contribution in [1.29, 1.82) is 0 Å². The van der Waals surface area contributed by atoms with Gasteiger partial charge in [-0.3, -0.25) is 29.4 Å². The van der Waals surface area contributed by atoms with Crippen LogP contribution >= 0.6 is 11.8 Å². The van der Waals surface area contributed by atoms with E-state index in [1.807, 2.05) is 18.2 Å². The van der Waals surface area contributed by atoms with Crippen molar-refractivity contribution in [2.24, 2.45) is 0 Å². The van der Waals surface area contributed by atoms with Crippen molar-refractivity contribution >= 4 is 41.2 Å². The summed E-state index contributed by atoms with van der Waals surface area (Å²) >= 11 is 1.22. The van der Waals surface area contributed by atoms with Crippen LogP contribution in [0.3, 0.4) is 0 Å². The van der Waals surface area contributed by atoms with E-state index in [-0.39, 0.29) is 31.0 Å². The van der Waals surface area contributed by atoms with Crippen molar-refractivity contribution in [3.05, 3.63) is 75.8 Å². The van der Waals surface area contributed by atoms with Gasteiger partial charge in [-0.25, -0.2) is 4.79 Å². The molecular weight excluding hydrogens is 478 g/mol. The van der Waals surface area contributed by atoms with E-state index < -0.39 is 45.2 Å². The van der Waals surface area contributed by atoms with E-state index in [1.54, 1.807) is 12.1 Å². The Morgan fingerprint density at radius 3 is 2.54 bits per heavy atom. The SMILES string of the molecule is O=C(Cc1ccccc1)N[C@@H]1C(=O)N2[C@@H]1S[C@H]1CC(=O)O[C@]12C(=O)OCc1ccc([N+](=O)[O-])cc1. The number of amides is 2. The molecule has 1 N–H and O–H groups in total. The van der Waals surface area contributed by atoms with Crippen LogP contribution in [0.25, 0.3) is 0 Å². The monoisotopic (exact) mass is 497 g/mol. The number of esters is 2. The topological polar surface area (TPSA) is 145 Å². The third kappa shape index (κ3) is 3.89. The summed E-state index contributed by atoms with van der Waals surface area (Å²) in [5.41, 5.74) is -0.718. The molecule has 11 nitrogen and oxygen atoms in total. The Bertz CT molecular complexity index is 1220. The quantitative estimate of drug-likeness (QED) is 0.259. The Morgan fingerprint density at radius 1 is 1.14 bits per heavy atom. The third-order valence-corrected chi connectivity index (χ3v) is 7.67. The first-order chi connectivity index (χ1) is 16.8. The molecule has 2 aromatic rings. The molecule has 4 atom stereocenters. The lowest BCUT2D eigenvalue weighted by Gasteiger charge is -2.47. The van der Waals surface area contributed by atoms with Crippen LogP contribution in [-0.4, -0.2) is 56.0 Å². The Balaban J connectivity index is 1.27. The van der Waals surface area contributed by atoms with E-state index in [1.165, 1.54) is 40.9 Å². The summed E-state index contributed by atoms with van der Waals surface area (Å²) in [6, 6.07) is 13.7. The van der Waals surface area contributed by atoms with Crippen LogP contribution in [0.2, 0.25) is 0 Å². The second-order valence-corrected chi connectivity index (χ2v) is 9.63. The van der Waals surface area contributed by atoms with Crippen molar-refractivity contribution < 1.29 is 33.6 Å². The number of hydrogen-bond acceptors (Lipinski definition) is 9. The van der Waals surface area contributed by atoms with E-state index in [0.29, 0.717) is 5.56 Å². The van der Waals surface area contributed by atoms with E-state index in [4.69, 9.17) is 9.47 Å². The highest BCUT2D eigenvalue weighted by atomic mass is 32.2. The summed E-state index contributed by atoms with van der Waals surface area (Å²) in [5.74, 6) is -2.39. The zero-order valence-electron chi connectivity index (χ0n) is 18.1. The highest BCUT2D eigenvalue weighted by Crippen LogP contribution is 2.55. The van der Waals surface area contributed by atoms with Crippen molar-refractivity contribution in [3.63, 3.8) is 0 Å². The number of non-ortho nitro benzene ring substituents is 1. The maximum Gasteiger partial charge on any atom is 0.374 e. The molecule has 3 aliphatic rings. The molecule has 12 heteroatoms. The van der Waals surface area contributed by atoms with Gasteiger partial charge in [-0.05, 0) is 23.3 Å². The zero-order chi connectivity index (χ0) is 24.7. The molecule has 3 saturated heterocycles. The third-order valence-electron chi connectivity index (χ3n) is 6.10. The molecule has 2 aromatic carbocycles. The van der Waals surface area contributed by atoms with Crippen molar-refractivity contribution in [1.82, 2.24) is 10.2 Å². The lowest BCUT2D eigenvalue weighted by atomic mass is 9.98. The van der Waals surface area contributed by atoms with Crippen molar-refractivity contribution in [2.45, 2.75) is 41.8 Å². The van der Waals surface area contributed by atoms with E-state index in [0.717, 1.165) is 5.56 Å². The lowest BCUT2D eigenvalue weighted by molar-refractivity contribution is -0.384. The van der Waals surface area contributed by atoms with Crippen molar-refractivity contribution in [2.75, 3.05) is 0 Å². The average molecular weight is 497 g/mol. The van der Waals surface area contributed by atoms with Gasteiger partial charge in [-0.15, -0.1) is 11.8 Å². The predicted octanol–water partition coefficient (Wildman–Crippen LogP) is 1.29. The first-order valence-corrected chi connectivity index (χ1v) is 11.7. The molecule has 3 aliphatic heterocycles. The molecule has 0 saturated carbocycles. The van der Waals surface area contributed by atoms with Crippen LogP contribution in [-0.2, 0) is 41.7 Å². The van der Waals surface area contributed by atoms with Crippen LogP contribution in [0.1, 0.15) is 17.5 Å². The largest absolute Gasteiger partial charge is 0.456 e. The van der Waals surface area contributed by atoms with Crippen LogP contribution in [0.4, 0.5) is 5.69 Å². The number of fused-ring (bicyclic) bond motifs is 3. The fraction of sp³-hybridized carbons (Fsp3) is 0.304. The van der Waals surface area contributed by atoms with Crippen LogP contribution in [0.15, 0.2) is 54.6 Å². The molecule has 0 bridgehead atoms. The molecule has 180 valence electrons. The first kappa shape index (κ1) is 22.8. The fourth-order valence-corrected chi connectivity index (χ4v) is 6.15. The zero-order valence-corrected chi connectivity index (χ0v) is 18.9.